The lowest BCUT2D eigenvalue weighted by atomic mass is 10.1. The maximum atomic E-state index is 11.0. The molecule has 0 bridgehead atoms. The Morgan fingerprint density at radius 2 is 2.29 bits per heavy atom. The van der Waals surface area contributed by atoms with Crippen molar-refractivity contribution in [2.75, 3.05) is 6.61 Å². The van der Waals surface area contributed by atoms with Crippen molar-refractivity contribution in [1.82, 2.24) is 9.97 Å². The van der Waals surface area contributed by atoms with Crippen molar-refractivity contribution >= 4 is 16.8 Å². The van der Waals surface area contributed by atoms with E-state index in [1.165, 1.54) is 6.92 Å². The molecule has 0 fully saturated rings. The van der Waals surface area contributed by atoms with Crippen molar-refractivity contribution < 1.29 is 14.6 Å². The van der Waals surface area contributed by atoms with Gasteiger partial charge in [-0.1, -0.05) is 6.08 Å². The number of nitrogens with one attached hydrogen (secondary N) is 1. The molecule has 0 amide bonds. The molecule has 5 nitrogen and oxygen atoms in total. The minimum Gasteiger partial charge on any atom is -0.490 e. The second kappa shape index (κ2) is 6.10. The molecule has 0 radical (unpaired) electrons. The molecule has 0 aromatic carbocycles. The van der Waals surface area contributed by atoms with Gasteiger partial charge in [-0.25, -0.2) is 4.98 Å². The number of carbonyl (C=O) groups is 1. The normalized spacial score (nSPS) is 12.2. The number of pyridine rings is 1. The molecule has 2 N–H and O–H groups in total. The Balaban J connectivity index is 2.28. The van der Waals surface area contributed by atoms with E-state index in [9.17, 15) is 9.90 Å². The van der Waals surface area contributed by atoms with Gasteiger partial charge in [-0.2, -0.15) is 0 Å². The van der Waals surface area contributed by atoms with Gasteiger partial charge >= 0.3 is 0 Å². The third kappa shape index (κ3) is 4.16. The molecule has 0 saturated carbocycles. The van der Waals surface area contributed by atoms with Crippen molar-refractivity contribution in [2.24, 2.45) is 0 Å². The van der Waals surface area contributed by atoms with E-state index >= 15 is 0 Å². The van der Waals surface area contributed by atoms with E-state index in [2.05, 4.69) is 9.97 Å². The number of fused-ring (bicyclic) bond motifs is 1. The quantitative estimate of drug-likeness (QED) is 0.800. The van der Waals surface area contributed by atoms with Crippen LogP contribution in [-0.2, 0) is 11.2 Å². The first-order valence-corrected chi connectivity index (χ1v) is 6.84. The summed E-state index contributed by atoms with van der Waals surface area (Å²) in [5.74, 6) is 0.695. The molecule has 2 aromatic rings. The summed E-state index contributed by atoms with van der Waals surface area (Å²) in [7, 11) is 0. The number of aliphatic hydroxyl groups is 1. The number of ketones is 1. The average molecular weight is 288 g/mol. The molecule has 0 aliphatic rings. The van der Waals surface area contributed by atoms with E-state index in [0.29, 0.717) is 12.2 Å². The summed E-state index contributed by atoms with van der Waals surface area (Å²) in [4.78, 5) is 18.3. The number of hydrogen-bond donors (Lipinski definition) is 2. The molecule has 5 heteroatoms. The minimum atomic E-state index is -0.902. The zero-order valence-corrected chi connectivity index (χ0v) is 12.5. The van der Waals surface area contributed by atoms with E-state index in [4.69, 9.17) is 4.74 Å². The molecule has 2 rings (SSSR count). The van der Waals surface area contributed by atoms with Gasteiger partial charge in [0.2, 0.25) is 0 Å². The van der Waals surface area contributed by atoms with Crippen molar-refractivity contribution in [3.05, 3.63) is 36.2 Å². The lowest BCUT2D eigenvalue weighted by Gasteiger charge is -2.18. The summed E-state index contributed by atoms with van der Waals surface area (Å²) < 4.78 is 5.71. The zero-order chi connectivity index (χ0) is 15.5. The van der Waals surface area contributed by atoms with E-state index in [1.54, 1.807) is 32.2 Å². The number of allylic oxidation sites excluding steroid dienone is 2. The maximum Gasteiger partial charge on any atom is 0.152 e. The van der Waals surface area contributed by atoms with Crippen molar-refractivity contribution in [3.63, 3.8) is 0 Å². The summed E-state index contributed by atoms with van der Waals surface area (Å²) >= 11 is 0. The van der Waals surface area contributed by atoms with Gasteiger partial charge in [-0.05, 0) is 44.9 Å². The molecule has 112 valence electrons. The summed E-state index contributed by atoms with van der Waals surface area (Å²) in [5.41, 5.74) is 0.830. The molecule has 2 aromatic heterocycles. The summed E-state index contributed by atoms with van der Waals surface area (Å²) in [5, 5.41) is 10.7. The Bertz CT molecular complexity index is 666. The fourth-order valence-electron chi connectivity index (χ4n) is 1.98. The van der Waals surface area contributed by atoms with Gasteiger partial charge < -0.3 is 14.8 Å². The third-order valence-corrected chi connectivity index (χ3v) is 2.89. The van der Waals surface area contributed by atoms with Crippen LogP contribution in [0.4, 0.5) is 0 Å². The number of aromatic amines is 1. The standard InChI is InChI=1S/C16H20N2O3/c1-11(19)5-4-6-12-9-18-15-14(12)13(7-8-17-15)21-10-16(2,3)20/h4-5,7-9,20H,6,10H2,1-3H3,(H,17,18). The molecule has 0 aliphatic carbocycles. The highest BCUT2D eigenvalue weighted by molar-refractivity contribution is 5.88. The monoisotopic (exact) mass is 288 g/mol. The van der Waals surface area contributed by atoms with Gasteiger partial charge in [0.15, 0.2) is 5.78 Å². The van der Waals surface area contributed by atoms with Crippen LogP contribution in [0, 0.1) is 0 Å². The Labute approximate surface area is 123 Å². The highest BCUT2D eigenvalue weighted by Crippen LogP contribution is 2.28. The molecule has 0 spiro atoms. The third-order valence-electron chi connectivity index (χ3n) is 2.89. The number of carbonyl (C=O) groups excluding carboxylic acids is 1. The zero-order valence-electron chi connectivity index (χ0n) is 12.5. The number of aromatic nitrogens is 2. The van der Waals surface area contributed by atoms with Gasteiger partial charge in [0, 0.05) is 12.4 Å². The number of ether oxygens (including phenoxy) is 1. The van der Waals surface area contributed by atoms with Crippen LogP contribution in [0.3, 0.4) is 0 Å². The van der Waals surface area contributed by atoms with Gasteiger partial charge in [-0.3, -0.25) is 4.79 Å². The number of nitrogens with zero attached hydrogens (tertiary/aromatic N) is 1. The molecular formula is C16H20N2O3. The van der Waals surface area contributed by atoms with Crippen LogP contribution in [0.15, 0.2) is 30.6 Å². The second-order valence-electron chi connectivity index (χ2n) is 5.66. The van der Waals surface area contributed by atoms with Crippen LogP contribution in [-0.4, -0.2) is 33.1 Å². The first kappa shape index (κ1) is 15.3. The summed E-state index contributed by atoms with van der Waals surface area (Å²) in [6.07, 6.45) is 7.50. The minimum absolute atomic E-state index is 0.0199. The Morgan fingerprint density at radius 3 is 2.95 bits per heavy atom. The van der Waals surface area contributed by atoms with Crippen LogP contribution < -0.4 is 4.74 Å². The maximum absolute atomic E-state index is 11.0. The van der Waals surface area contributed by atoms with Crippen molar-refractivity contribution in [3.8, 4) is 5.75 Å². The summed E-state index contributed by atoms with van der Waals surface area (Å²) in [6.45, 7) is 5.10. The largest absolute Gasteiger partial charge is 0.490 e. The topological polar surface area (TPSA) is 75.2 Å². The van der Waals surface area contributed by atoms with Crippen LogP contribution in [0.1, 0.15) is 26.3 Å². The van der Waals surface area contributed by atoms with Crippen LogP contribution >= 0.6 is 0 Å². The highest BCUT2D eigenvalue weighted by atomic mass is 16.5. The van der Waals surface area contributed by atoms with Crippen LogP contribution in [0.5, 0.6) is 5.75 Å². The Hall–Kier alpha value is -2.14. The smallest absolute Gasteiger partial charge is 0.152 e. The second-order valence-corrected chi connectivity index (χ2v) is 5.66. The van der Waals surface area contributed by atoms with E-state index in [1.807, 2.05) is 12.3 Å². The molecule has 0 atom stereocenters. The molecular weight excluding hydrogens is 268 g/mol. The SMILES string of the molecule is CC(=O)C=CCc1c[nH]c2nccc(OCC(C)(C)O)c12. The predicted molar refractivity (Wildman–Crippen MR) is 81.4 cm³/mol. The molecule has 0 unspecified atom stereocenters. The number of rotatable bonds is 6. The van der Waals surface area contributed by atoms with E-state index < -0.39 is 5.60 Å². The number of H-pyrrole nitrogens is 1. The summed E-state index contributed by atoms with van der Waals surface area (Å²) in [6, 6.07) is 1.78. The fourth-order valence-corrected chi connectivity index (χ4v) is 1.98. The fraction of sp³-hybridized carbons (Fsp3) is 0.375. The van der Waals surface area contributed by atoms with Crippen LogP contribution in [0.25, 0.3) is 11.0 Å². The first-order valence-electron chi connectivity index (χ1n) is 6.84. The Morgan fingerprint density at radius 1 is 1.52 bits per heavy atom. The molecule has 0 saturated heterocycles. The lowest BCUT2D eigenvalue weighted by Crippen LogP contribution is -2.27. The van der Waals surface area contributed by atoms with Crippen molar-refractivity contribution in [1.29, 1.82) is 0 Å². The lowest BCUT2D eigenvalue weighted by molar-refractivity contribution is -0.112. The number of hydrogen-bond acceptors (Lipinski definition) is 4. The molecule has 0 aliphatic heterocycles. The Kier molecular flexibility index (Phi) is 4.43. The van der Waals surface area contributed by atoms with E-state index in [0.717, 1.165) is 16.6 Å². The van der Waals surface area contributed by atoms with Crippen molar-refractivity contribution in [2.45, 2.75) is 32.8 Å². The molecule has 21 heavy (non-hydrogen) atoms. The average Bonchev–Trinajstić information content (AvgIpc) is 2.79. The first-order chi connectivity index (χ1) is 9.87. The van der Waals surface area contributed by atoms with Gasteiger partial charge in [0.1, 0.15) is 18.0 Å². The highest BCUT2D eigenvalue weighted by Gasteiger charge is 2.16. The van der Waals surface area contributed by atoms with Crippen LogP contribution in [0.2, 0.25) is 0 Å². The van der Waals surface area contributed by atoms with E-state index in [-0.39, 0.29) is 12.4 Å². The van der Waals surface area contributed by atoms with Gasteiger partial charge in [-0.15, -0.1) is 0 Å². The molecule has 2 heterocycles. The van der Waals surface area contributed by atoms with Gasteiger partial charge in [0.25, 0.3) is 0 Å². The predicted octanol–water partition coefficient (Wildman–Crippen LogP) is 2.40. The van der Waals surface area contributed by atoms with Gasteiger partial charge in [0.05, 0.1) is 11.0 Å².